The number of primary amides is 1. The van der Waals surface area contributed by atoms with Crippen molar-refractivity contribution in [3.05, 3.63) is 46.5 Å². The van der Waals surface area contributed by atoms with Crippen LogP contribution in [0, 0.1) is 11.6 Å². The molecule has 0 unspecified atom stereocenters. The normalized spacial score (nSPS) is 15.4. The van der Waals surface area contributed by atoms with E-state index in [9.17, 15) is 13.6 Å². The van der Waals surface area contributed by atoms with Gasteiger partial charge in [-0.1, -0.05) is 11.6 Å². The van der Waals surface area contributed by atoms with Crippen LogP contribution in [0.5, 0.6) is 0 Å². The van der Waals surface area contributed by atoms with Crippen LogP contribution in [0.25, 0.3) is 0 Å². The monoisotopic (exact) mass is 266 g/mol. The Balaban J connectivity index is 2.25. The Labute approximate surface area is 110 Å². The quantitative estimate of drug-likeness (QED) is 0.818. The van der Waals surface area contributed by atoms with E-state index < -0.39 is 17.5 Å². The van der Waals surface area contributed by atoms with E-state index in [1.807, 2.05) is 0 Å². The zero-order valence-corrected chi connectivity index (χ0v) is 10.5. The molecule has 1 aliphatic heterocycles. The van der Waals surface area contributed by atoms with Crippen LogP contribution >= 0.6 is 0 Å². The van der Waals surface area contributed by atoms with Crippen molar-refractivity contribution in [2.75, 3.05) is 13.1 Å². The molecule has 102 valence electrons. The Hall–Kier alpha value is -1.75. The number of amides is 1. The highest BCUT2D eigenvalue weighted by atomic mass is 19.2. The van der Waals surface area contributed by atoms with Crippen LogP contribution in [0.15, 0.2) is 29.3 Å². The van der Waals surface area contributed by atoms with Gasteiger partial charge in [0.05, 0.1) is 0 Å². The summed E-state index contributed by atoms with van der Waals surface area (Å²) >= 11 is 0. The van der Waals surface area contributed by atoms with Crippen molar-refractivity contribution in [3.63, 3.8) is 0 Å². The topological polar surface area (TPSA) is 55.1 Å². The molecule has 0 atom stereocenters. The number of benzene rings is 1. The molecule has 0 bridgehead atoms. The zero-order chi connectivity index (χ0) is 13.8. The zero-order valence-electron chi connectivity index (χ0n) is 10.5. The maximum atomic E-state index is 13.2. The smallest absolute Gasteiger partial charge is 0.244 e. The molecule has 0 aliphatic carbocycles. The third kappa shape index (κ3) is 3.38. The van der Waals surface area contributed by atoms with Crippen LogP contribution < -0.4 is 11.1 Å². The number of carbonyl (C=O) groups excluding carboxylic acids is 1. The minimum atomic E-state index is -0.906. The summed E-state index contributed by atoms with van der Waals surface area (Å²) in [6.45, 7) is 1.62. The van der Waals surface area contributed by atoms with E-state index in [1.54, 1.807) is 0 Å². The lowest BCUT2D eigenvalue weighted by molar-refractivity contribution is -0.114. The van der Waals surface area contributed by atoms with E-state index in [1.165, 1.54) is 6.07 Å². The van der Waals surface area contributed by atoms with Crippen LogP contribution in [0.3, 0.4) is 0 Å². The number of nitrogens with one attached hydrogen (secondary N) is 1. The lowest BCUT2D eigenvalue weighted by Crippen LogP contribution is -2.27. The molecular weight excluding hydrogens is 250 g/mol. The second-order valence-corrected chi connectivity index (χ2v) is 4.62. The molecule has 3 nitrogen and oxygen atoms in total. The maximum absolute atomic E-state index is 13.2. The molecule has 0 saturated carbocycles. The van der Waals surface area contributed by atoms with Crippen molar-refractivity contribution >= 4 is 5.91 Å². The van der Waals surface area contributed by atoms with Crippen LogP contribution in [-0.2, 0) is 11.2 Å². The van der Waals surface area contributed by atoms with Crippen molar-refractivity contribution < 1.29 is 13.6 Å². The average Bonchev–Trinajstić information content (AvgIpc) is 2.40. The molecule has 1 aromatic rings. The molecule has 1 saturated heterocycles. The first-order valence-electron chi connectivity index (χ1n) is 6.23. The Bertz CT molecular complexity index is 518. The van der Waals surface area contributed by atoms with Gasteiger partial charge >= 0.3 is 0 Å². The van der Waals surface area contributed by atoms with Gasteiger partial charge < -0.3 is 11.1 Å². The molecule has 2 rings (SSSR count). The van der Waals surface area contributed by atoms with Crippen molar-refractivity contribution in [1.82, 2.24) is 5.32 Å². The first-order valence-corrected chi connectivity index (χ1v) is 6.23. The van der Waals surface area contributed by atoms with Gasteiger partial charge in [-0.3, -0.25) is 4.79 Å². The fraction of sp³-hybridized carbons (Fsp3) is 0.357. The second kappa shape index (κ2) is 5.93. The maximum Gasteiger partial charge on any atom is 0.244 e. The van der Waals surface area contributed by atoms with Gasteiger partial charge in [0, 0.05) is 12.0 Å². The minimum Gasteiger partial charge on any atom is -0.366 e. The van der Waals surface area contributed by atoms with Gasteiger partial charge in [-0.05, 0) is 43.6 Å². The molecule has 1 heterocycles. The first-order chi connectivity index (χ1) is 9.08. The third-order valence-electron chi connectivity index (χ3n) is 3.30. The number of piperidine rings is 1. The van der Waals surface area contributed by atoms with Gasteiger partial charge in [0.15, 0.2) is 11.6 Å². The Morgan fingerprint density at radius 3 is 2.47 bits per heavy atom. The van der Waals surface area contributed by atoms with E-state index >= 15 is 0 Å². The third-order valence-corrected chi connectivity index (χ3v) is 3.30. The number of carbonyl (C=O) groups is 1. The largest absolute Gasteiger partial charge is 0.366 e. The molecule has 0 radical (unpaired) electrons. The number of nitrogens with two attached hydrogens (primary N) is 1. The number of rotatable bonds is 3. The van der Waals surface area contributed by atoms with Crippen molar-refractivity contribution in [1.29, 1.82) is 0 Å². The van der Waals surface area contributed by atoms with Gasteiger partial charge in [-0.2, -0.15) is 0 Å². The standard InChI is InChI=1S/C14H16F2N2O/c15-12-2-1-9(8-13(12)16)7-11(14(17)19)10-3-5-18-6-4-10/h1-2,8,18H,3-7H2,(H2,17,19). The summed E-state index contributed by atoms with van der Waals surface area (Å²) in [5.41, 5.74) is 7.48. The average molecular weight is 266 g/mol. The molecule has 1 amide bonds. The van der Waals surface area contributed by atoms with E-state index in [0.717, 1.165) is 43.6 Å². The second-order valence-electron chi connectivity index (χ2n) is 4.62. The first kappa shape index (κ1) is 13.7. The highest BCUT2D eigenvalue weighted by Gasteiger charge is 2.16. The summed E-state index contributed by atoms with van der Waals surface area (Å²) in [4.78, 5) is 11.5. The SMILES string of the molecule is NC(=O)C(Cc1ccc(F)c(F)c1)=C1CCNCC1. The summed E-state index contributed by atoms with van der Waals surface area (Å²) in [5, 5.41) is 3.19. The molecule has 0 spiro atoms. The predicted molar refractivity (Wildman–Crippen MR) is 68.4 cm³/mol. The molecule has 1 aromatic carbocycles. The molecule has 19 heavy (non-hydrogen) atoms. The molecule has 1 aliphatic rings. The van der Waals surface area contributed by atoms with Gasteiger partial charge in [-0.15, -0.1) is 0 Å². The molecule has 1 fully saturated rings. The van der Waals surface area contributed by atoms with Crippen LogP contribution in [0.2, 0.25) is 0 Å². The Morgan fingerprint density at radius 2 is 1.89 bits per heavy atom. The van der Waals surface area contributed by atoms with Crippen molar-refractivity contribution in [2.45, 2.75) is 19.3 Å². The highest BCUT2D eigenvalue weighted by Crippen LogP contribution is 2.20. The van der Waals surface area contributed by atoms with Gasteiger partial charge in [0.2, 0.25) is 5.91 Å². The molecule has 0 aromatic heterocycles. The summed E-state index contributed by atoms with van der Waals surface area (Å²) in [7, 11) is 0. The van der Waals surface area contributed by atoms with Crippen LogP contribution in [-0.4, -0.2) is 19.0 Å². The summed E-state index contributed by atoms with van der Waals surface area (Å²) in [6.07, 6.45) is 1.78. The van der Waals surface area contributed by atoms with Gasteiger partial charge in [0.25, 0.3) is 0 Å². The summed E-state index contributed by atoms with van der Waals surface area (Å²) < 4.78 is 26.0. The van der Waals surface area contributed by atoms with Crippen LogP contribution in [0.4, 0.5) is 8.78 Å². The minimum absolute atomic E-state index is 0.252. The predicted octanol–water partition coefficient (Wildman–Crippen LogP) is 1.67. The fourth-order valence-electron chi connectivity index (χ4n) is 2.27. The molecule has 3 N–H and O–H groups in total. The molecule has 5 heteroatoms. The summed E-state index contributed by atoms with van der Waals surface area (Å²) in [6, 6.07) is 3.65. The van der Waals surface area contributed by atoms with E-state index in [0.29, 0.717) is 11.1 Å². The van der Waals surface area contributed by atoms with Gasteiger partial charge in [0.1, 0.15) is 0 Å². The number of hydrogen-bond acceptors (Lipinski definition) is 2. The Morgan fingerprint density at radius 1 is 1.21 bits per heavy atom. The summed E-state index contributed by atoms with van der Waals surface area (Å²) in [5.74, 6) is -2.28. The van der Waals surface area contributed by atoms with Crippen molar-refractivity contribution in [2.24, 2.45) is 5.73 Å². The lowest BCUT2D eigenvalue weighted by atomic mass is 9.93. The lowest BCUT2D eigenvalue weighted by Gasteiger charge is -2.19. The number of halogens is 2. The molecular formula is C14H16F2N2O. The highest BCUT2D eigenvalue weighted by molar-refractivity contribution is 5.93. The van der Waals surface area contributed by atoms with Crippen LogP contribution in [0.1, 0.15) is 18.4 Å². The number of hydrogen-bond donors (Lipinski definition) is 2. The van der Waals surface area contributed by atoms with Crippen molar-refractivity contribution in [3.8, 4) is 0 Å². The van der Waals surface area contributed by atoms with E-state index in [-0.39, 0.29) is 6.42 Å². The fourth-order valence-corrected chi connectivity index (χ4v) is 2.27. The van der Waals surface area contributed by atoms with Gasteiger partial charge in [-0.25, -0.2) is 8.78 Å². The van der Waals surface area contributed by atoms with E-state index in [2.05, 4.69) is 5.32 Å². The Kier molecular flexibility index (Phi) is 4.27. The van der Waals surface area contributed by atoms with E-state index in [4.69, 9.17) is 5.73 Å².